The molecule has 2 atom stereocenters. The molecule has 0 aromatic heterocycles. The number of aliphatic hydroxyl groups is 2. The predicted octanol–water partition coefficient (Wildman–Crippen LogP) is 20.0. The Morgan fingerprint density at radius 2 is 0.621 bits per heavy atom. The highest BCUT2D eigenvalue weighted by Crippen LogP contribution is 2.18. The van der Waals surface area contributed by atoms with Crippen molar-refractivity contribution < 1.29 is 15.0 Å². The molecule has 1 amide bonds. The minimum Gasteiger partial charge on any atom is -0.394 e. The molecule has 4 heteroatoms. The fourth-order valence-electron chi connectivity index (χ4n) is 9.51. The van der Waals surface area contributed by atoms with Crippen molar-refractivity contribution in [3.63, 3.8) is 0 Å². The van der Waals surface area contributed by atoms with Gasteiger partial charge in [0.1, 0.15) is 0 Å². The Hall–Kier alpha value is -1.39. The van der Waals surface area contributed by atoms with Crippen molar-refractivity contribution in [3.05, 3.63) is 36.5 Å². The van der Waals surface area contributed by atoms with Gasteiger partial charge in [-0.15, -0.1) is 0 Å². The van der Waals surface area contributed by atoms with Crippen molar-refractivity contribution in [3.8, 4) is 0 Å². The van der Waals surface area contributed by atoms with Crippen LogP contribution in [0.5, 0.6) is 0 Å². The first-order valence-corrected chi connectivity index (χ1v) is 30.2. The van der Waals surface area contributed by atoms with Gasteiger partial charge in [-0.3, -0.25) is 4.79 Å². The molecule has 0 fully saturated rings. The van der Waals surface area contributed by atoms with Gasteiger partial charge in [0.25, 0.3) is 0 Å². The molecule has 0 bridgehead atoms. The predicted molar refractivity (Wildman–Crippen MR) is 295 cm³/mol. The van der Waals surface area contributed by atoms with E-state index in [1.54, 1.807) is 6.08 Å². The third-order valence-electron chi connectivity index (χ3n) is 14.1. The maximum absolute atomic E-state index is 12.5. The summed E-state index contributed by atoms with van der Waals surface area (Å²) in [6, 6.07) is -0.622. The smallest absolute Gasteiger partial charge is 0.220 e. The largest absolute Gasteiger partial charge is 0.394 e. The number of hydrogen-bond acceptors (Lipinski definition) is 3. The highest BCUT2D eigenvalue weighted by atomic mass is 16.3. The Labute approximate surface area is 414 Å². The molecule has 0 aliphatic rings. The summed E-state index contributed by atoms with van der Waals surface area (Å²) in [5.41, 5.74) is 0. The zero-order valence-electron chi connectivity index (χ0n) is 45.0. The number of hydrogen-bond donors (Lipinski definition) is 3. The zero-order chi connectivity index (χ0) is 47.7. The van der Waals surface area contributed by atoms with Crippen LogP contribution in [-0.2, 0) is 4.79 Å². The number of carbonyl (C=O) groups excluding carboxylic acids is 1. The van der Waals surface area contributed by atoms with Crippen LogP contribution < -0.4 is 5.32 Å². The van der Waals surface area contributed by atoms with Gasteiger partial charge >= 0.3 is 0 Å². The molecule has 2 unspecified atom stereocenters. The number of rotatable bonds is 56. The molecule has 0 aliphatic heterocycles. The highest BCUT2D eigenvalue weighted by molar-refractivity contribution is 5.76. The summed E-state index contributed by atoms with van der Waals surface area (Å²) in [5, 5.41) is 23.2. The summed E-state index contributed by atoms with van der Waals surface area (Å²) >= 11 is 0. The van der Waals surface area contributed by atoms with Crippen molar-refractivity contribution in [2.24, 2.45) is 0 Å². The molecular weight excluding hydrogens is 807 g/mol. The molecule has 0 saturated heterocycles. The van der Waals surface area contributed by atoms with E-state index in [0.29, 0.717) is 6.42 Å². The van der Waals surface area contributed by atoms with Crippen molar-refractivity contribution in [2.45, 2.75) is 347 Å². The maximum atomic E-state index is 12.5. The van der Waals surface area contributed by atoms with Crippen LogP contribution in [0.25, 0.3) is 0 Å². The molecule has 0 heterocycles. The minimum absolute atomic E-state index is 0.0582. The van der Waals surface area contributed by atoms with E-state index in [9.17, 15) is 15.0 Å². The average Bonchev–Trinajstić information content (AvgIpc) is 3.32. The van der Waals surface area contributed by atoms with Gasteiger partial charge in [0.05, 0.1) is 18.8 Å². The summed E-state index contributed by atoms with van der Waals surface area (Å²) in [6.07, 6.45) is 79.0. The molecule has 0 rings (SSSR count). The van der Waals surface area contributed by atoms with Crippen LogP contribution in [0.4, 0.5) is 0 Å². The molecule has 4 nitrogen and oxygen atoms in total. The minimum atomic E-state index is -0.839. The van der Waals surface area contributed by atoms with E-state index < -0.39 is 12.1 Å². The van der Waals surface area contributed by atoms with E-state index in [2.05, 4.69) is 43.5 Å². The Bertz CT molecular complexity index is 1010. The molecule has 0 aromatic rings. The number of aliphatic hydroxyl groups excluding tert-OH is 2. The molecule has 390 valence electrons. The van der Waals surface area contributed by atoms with Crippen LogP contribution in [0.3, 0.4) is 0 Å². The first-order chi connectivity index (χ1) is 32.7. The summed E-state index contributed by atoms with van der Waals surface area (Å²) in [7, 11) is 0. The quantitative estimate of drug-likeness (QED) is 0.0420. The number of amides is 1. The average molecular weight is 927 g/mol. The zero-order valence-corrected chi connectivity index (χ0v) is 45.0. The Kier molecular flexibility index (Phi) is 56.7. The highest BCUT2D eigenvalue weighted by Gasteiger charge is 2.18. The normalized spacial score (nSPS) is 13.0. The fourth-order valence-corrected chi connectivity index (χ4v) is 9.51. The molecule has 0 saturated carbocycles. The van der Waals surface area contributed by atoms with Crippen LogP contribution >= 0.6 is 0 Å². The van der Waals surface area contributed by atoms with E-state index in [1.165, 1.54) is 283 Å². The summed E-state index contributed by atoms with van der Waals surface area (Å²) < 4.78 is 0. The molecule has 0 aromatic carbocycles. The van der Waals surface area contributed by atoms with E-state index in [-0.39, 0.29) is 12.5 Å². The monoisotopic (exact) mass is 926 g/mol. The molecule has 0 aliphatic carbocycles. The third-order valence-corrected chi connectivity index (χ3v) is 14.1. The molecular formula is C62H119NO3. The van der Waals surface area contributed by atoms with Crippen LogP contribution in [0, 0.1) is 0 Å². The molecule has 3 N–H and O–H groups in total. The van der Waals surface area contributed by atoms with Crippen molar-refractivity contribution in [2.75, 3.05) is 6.61 Å². The molecule has 0 spiro atoms. The number of carbonyl (C=O) groups is 1. The maximum Gasteiger partial charge on any atom is 0.220 e. The lowest BCUT2D eigenvalue weighted by molar-refractivity contribution is -0.123. The van der Waals surface area contributed by atoms with Crippen molar-refractivity contribution in [1.29, 1.82) is 0 Å². The number of nitrogens with one attached hydrogen (secondary N) is 1. The van der Waals surface area contributed by atoms with Crippen molar-refractivity contribution in [1.82, 2.24) is 5.32 Å². The molecule has 0 radical (unpaired) electrons. The second-order valence-corrected chi connectivity index (χ2v) is 20.8. The van der Waals surface area contributed by atoms with E-state index in [4.69, 9.17) is 0 Å². The van der Waals surface area contributed by atoms with Crippen LogP contribution in [0.2, 0.25) is 0 Å². The van der Waals surface area contributed by atoms with Crippen LogP contribution in [0.15, 0.2) is 36.5 Å². The third kappa shape index (κ3) is 53.6. The first-order valence-electron chi connectivity index (χ1n) is 30.2. The SMILES string of the molecule is CCCCCCC/C=C\C/C=C\CCCCCCCCCCCCCCCCCCCC(=O)NC(CO)C(O)/C=C/CCCCCCCCCCCCCCCCCCCCCCCCC. The lowest BCUT2D eigenvalue weighted by Crippen LogP contribution is -2.45. The van der Waals surface area contributed by atoms with Gasteiger partial charge < -0.3 is 15.5 Å². The van der Waals surface area contributed by atoms with Gasteiger partial charge in [-0.2, -0.15) is 0 Å². The van der Waals surface area contributed by atoms with Crippen molar-refractivity contribution >= 4 is 5.91 Å². The number of allylic oxidation sites excluding steroid dienone is 5. The van der Waals surface area contributed by atoms with Gasteiger partial charge in [0, 0.05) is 6.42 Å². The summed E-state index contributed by atoms with van der Waals surface area (Å²) in [4.78, 5) is 12.5. The Morgan fingerprint density at radius 3 is 0.909 bits per heavy atom. The van der Waals surface area contributed by atoms with Gasteiger partial charge in [0.15, 0.2) is 0 Å². The first kappa shape index (κ1) is 64.6. The van der Waals surface area contributed by atoms with Gasteiger partial charge in [-0.05, 0) is 51.4 Å². The standard InChI is InChI=1S/C62H119NO3/c1-3-5-7-9-11-13-15-17-19-21-23-25-27-29-30-31-32-34-36-38-40-42-44-46-48-50-52-54-56-58-62(66)63-60(59-64)61(65)57-55-53-51-49-47-45-43-41-39-37-35-33-28-26-24-22-20-18-16-14-12-10-8-6-4-2/h15,17,21,23,55,57,60-61,64-65H,3-14,16,18-20,22,24-54,56,58-59H2,1-2H3,(H,63,66)/b17-15-,23-21-,57-55+. The second kappa shape index (κ2) is 57.9. The van der Waals surface area contributed by atoms with Gasteiger partial charge in [-0.25, -0.2) is 0 Å². The lowest BCUT2D eigenvalue weighted by atomic mass is 10.0. The van der Waals surface area contributed by atoms with Crippen LogP contribution in [-0.4, -0.2) is 34.9 Å². The molecule has 66 heavy (non-hydrogen) atoms. The van der Waals surface area contributed by atoms with Crippen LogP contribution in [0.1, 0.15) is 335 Å². The Morgan fingerprint density at radius 1 is 0.364 bits per heavy atom. The topological polar surface area (TPSA) is 69.6 Å². The van der Waals surface area contributed by atoms with E-state index in [0.717, 1.165) is 32.1 Å². The lowest BCUT2D eigenvalue weighted by Gasteiger charge is -2.20. The Balaban J connectivity index is 3.46. The number of unbranched alkanes of at least 4 members (excludes halogenated alkanes) is 45. The summed E-state index contributed by atoms with van der Waals surface area (Å²) in [6.45, 7) is 4.34. The van der Waals surface area contributed by atoms with E-state index in [1.807, 2.05) is 6.08 Å². The van der Waals surface area contributed by atoms with Gasteiger partial charge in [-0.1, -0.05) is 314 Å². The summed E-state index contributed by atoms with van der Waals surface area (Å²) in [5.74, 6) is -0.0582. The van der Waals surface area contributed by atoms with Gasteiger partial charge in [0.2, 0.25) is 5.91 Å². The van der Waals surface area contributed by atoms with E-state index >= 15 is 0 Å². The fraction of sp³-hybridized carbons (Fsp3) is 0.887. The second-order valence-electron chi connectivity index (χ2n) is 20.8.